The maximum Gasteiger partial charge on any atom is 0.226 e. The molecular weight excluding hydrogens is 434 g/mol. The summed E-state index contributed by atoms with van der Waals surface area (Å²) in [6, 6.07) is 15.6. The maximum absolute atomic E-state index is 12.4. The Balaban J connectivity index is 1.27. The van der Waals surface area contributed by atoms with E-state index in [1.165, 1.54) is 0 Å². The topological polar surface area (TPSA) is 77.2 Å². The summed E-state index contributed by atoms with van der Waals surface area (Å²) in [5, 5.41) is 7.22. The van der Waals surface area contributed by atoms with E-state index in [0.29, 0.717) is 31.0 Å². The molecule has 0 unspecified atom stereocenters. The Morgan fingerprint density at radius 2 is 1.90 bits per heavy atom. The lowest BCUT2D eigenvalue weighted by atomic mass is 10.0. The fourth-order valence-electron chi connectivity index (χ4n) is 3.32. The minimum absolute atomic E-state index is 0.0558. The van der Waals surface area contributed by atoms with Crippen LogP contribution in [0.15, 0.2) is 57.5 Å². The lowest BCUT2D eigenvalue weighted by Crippen LogP contribution is -2.34. The number of rotatable bonds is 8. The van der Waals surface area contributed by atoms with Gasteiger partial charge in [0, 0.05) is 22.9 Å². The number of halogens is 1. The number of benzene rings is 2. The van der Waals surface area contributed by atoms with Crippen LogP contribution in [-0.4, -0.2) is 23.2 Å². The number of methoxy groups -OCH3 is 1. The molecule has 29 heavy (non-hydrogen) atoms. The summed E-state index contributed by atoms with van der Waals surface area (Å²) in [5.41, 5.74) is 1.84. The van der Waals surface area contributed by atoms with Crippen molar-refractivity contribution in [1.29, 1.82) is 0 Å². The van der Waals surface area contributed by atoms with Gasteiger partial charge in [-0.3, -0.25) is 4.79 Å². The van der Waals surface area contributed by atoms with E-state index in [0.717, 1.165) is 34.2 Å². The van der Waals surface area contributed by atoms with Gasteiger partial charge in [-0.1, -0.05) is 33.2 Å². The molecule has 7 heteroatoms. The Bertz CT molecular complexity index is 979. The van der Waals surface area contributed by atoms with E-state index in [9.17, 15) is 4.79 Å². The van der Waals surface area contributed by atoms with Crippen LogP contribution in [0.2, 0.25) is 0 Å². The largest absolute Gasteiger partial charge is 0.497 e. The van der Waals surface area contributed by atoms with Crippen molar-refractivity contribution in [3.8, 4) is 17.1 Å². The number of nitrogens with one attached hydrogen (secondary N) is 1. The molecule has 1 heterocycles. The van der Waals surface area contributed by atoms with Crippen molar-refractivity contribution < 1.29 is 14.1 Å². The van der Waals surface area contributed by atoms with Gasteiger partial charge < -0.3 is 14.6 Å². The first-order valence-electron chi connectivity index (χ1n) is 9.62. The highest BCUT2D eigenvalue weighted by atomic mass is 79.9. The fraction of sp³-hybridized carbons (Fsp3) is 0.318. The summed E-state index contributed by atoms with van der Waals surface area (Å²) in [5.74, 6) is 1.91. The summed E-state index contributed by atoms with van der Waals surface area (Å²) in [6.45, 7) is 0. The van der Waals surface area contributed by atoms with E-state index >= 15 is 0 Å². The quantitative estimate of drug-likeness (QED) is 0.535. The molecule has 1 amide bonds. The molecule has 2 aromatic carbocycles. The van der Waals surface area contributed by atoms with Crippen molar-refractivity contribution in [2.24, 2.45) is 0 Å². The zero-order valence-electron chi connectivity index (χ0n) is 16.2. The summed E-state index contributed by atoms with van der Waals surface area (Å²) >= 11 is 3.45. The van der Waals surface area contributed by atoms with Gasteiger partial charge in [-0.15, -0.1) is 0 Å². The van der Waals surface area contributed by atoms with Crippen molar-refractivity contribution in [2.75, 3.05) is 7.11 Å². The van der Waals surface area contributed by atoms with Crippen molar-refractivity contribution in [3.63, 3.8) is 0 Å². The average Bonchev–Trinajstić information content (AvgIpc) is 3.35. The molecular formula is C22H22BrN3O3. The second kappa shape index (κ2) is 8.37. The fourth-order valence-corrected chi connectivity index (χ4v) is 3.59. The Hall–Kier alpha value is -2.67. The normalized spacial score (nSPS) is 14.4. The number of carbonyl (C=O) groups excluding carboxylic acids is 1. The number of nitrogens with zero attached hydrogens (tertiary/aromatic N) is 2. The van der Waals surface area contributed by atoms with E-state index in [4.69, 9.17) is 9.26 Å². The number of aryl methyl sites for hydroxylation is 1. The van der Waals surface area contributed by atoms with Gasteiger partial charge in [0.1, 0.15) is 5.75 Å². The summed E-state index contributed by atoms with van der Waals surface area (Å²) in [6.07, 6.45) is 3.62. The molecule has 0 atom stereocenters. The smallest absolute Gasteiger partial charge is 0.226 e. The van der Waals surface area contributed by atoms with Crippen LogP contribution in [0.4, 0.5) is 0 Å². The lowest BCUT2D eigenvalue weighted by molar-refractivity contribution is -0.122. The molecule has 1 aliphatic carbocycles. The number of carbonyl (C=O) groups is 1. The molecule has 150 valence electrons. The van der Waals surface area contributed by atoms with Gasteiger partial charge in [-0.05, 0) is 61.2 Å². The van der Waals surface area contributed by atoms with Crippen LogP contribution in [0.3, 0.4) is 0 Å². The first-order valence-corrected chi connectivity index (χ1v) is 10.4. The monoisotopic (exact) mass is 455 g/mol. The zero-order chi connectivity index (χ0) is 20.3. The van der Waals surface area contributed by atoms with Gasteiger partial charge in [0.2, 0.25) is 17.6 Å². The Kier molecular flexibility index (Phi) is 5.67. The van der Waals surface area contributed by atoms with Gasteiger partial charge in [-0.2, -0.15) is 4.98 Å². The molecule has 6 nitrogen and oxygen atoms in total. The standard InChI is InChI=1S/C22H22BrN3O3/c1-28-18-11-5-15(6-12-18)21-24-20(29-26-21)4-2-3-19(27)25-22(13-14-22)16-7-9-17(23)10-8-16/h5-12H,2-4,13-14H2,1H3,(H,25,27). The van der Waals surface area contributed by atoms with E-state index in [2.05, 4.69) is 43.5 Å². The molecule has 0 bridgehead atoms. The lowest BCUT2D eigenvalue weighted by Gasteiger charge is -2.18. The molecule has 0 radical (unpaired) electrons. The van der Waals surface area contributed by atoms with Crippen molar-refractivity contribution >= 4 is 21.8 Å². The average molecular weight is 456 g/mol. The maximum atomic E-state index is 12.4. The summed E-state index contributed by atoms with van der Waals surface area (Å²) in [4.78, 5) is 16.8. The molecule has 1 N–H and O–H groups in total. The molecule has 0 spiro atoms. The highest BCUT2D eigenvalue weighted by Crippen LogP contribution is 2.45. The van der Waals surface area contributed by atoms with Gasteiger partial charge >= 0.3 is 0 Å². The van der Waals surface area contributed by atoms with Crippen LogP contribution in [0.5, 0.6) is 5.75 Å². The van der Waals surface area contributed by atoms with Crippen molar-refractivity contribution in [1.82, 2.24) is 15.5 Å². The molecule has 1 aliphatic rings. The van der Waals surface area contributed by atoms with Crippen molar-refractivity contribution in [3.05, 3.63) is 64.5 Å². The molecule has 3 aromatic rings. The van der Waals surface area contributed by atoms with Crippen LogP contribution in [-0.2, 0) is 16.8 Å². The Morgan fingerprint density at radius 3 is 2.55 bits per heavy atom. The second-order valence-electron chi connectivity index (χ2n) is 7.23. The summed E-state index contributed by atoms with van der Waals surface area (Å²) < 4.78 is 11.5. The van der Waals surface area contributed by atoms with E-state index < -0.39 is 0 Å². The minimum Gasteiger partial charge on any atom is -0.497 e. The third-order valence-electron chi connectivity index (χ3n) is 5.14. The Morgan fingerprint density at radius 1 is 1.17 bits per heavy atom. The zero-order valence-corrected chi connectivity index (χ0v) is 17.7. The number of hydrogen-bond donors (Lipinski definition) is 1. The van der Waals surface area contributed by atoms with Gasteiger partial charge in [-0.25, -0.2) is 0 Å². The summed E-state index contributed by atoms with van der Waals surface area (Å²) in [7, 11) is 1.63. The predicted molar refractivity (Wildman–Crippen MR) is 112 cm³/mol. The first-order chi connectivity index (χ1) is 14.1. The first kappa shape index (κ1) is 19.6. The van der Waals surface area contributed by atoms with E-state index in [-0.39, 0.29) is 11.4 Å². The number of ether oxygens (including phenoxy) is 1. The number of amides is 1. The van der Waals surface area contributed by atoms with Gasteiger partial charge in [0.15, 0.2) is 0 Å². The third kappa shape index (κ3) is 4.67. The molecule has 4 rings (SSSR count). The van der Waals surface area contributed by atoms with Gasteiger partial charge in [0.25, 0.3) is 0 Å². The predicted octanol–water partition coefficient (Wildman–Crippen LogP) is 4.64. The second-order valence-corrected chi connectivity index (χ2v) is 8.15. The van der Waals surface area contributed by atoms with Crippen LogP contribution >= 0.6 is 15.9 Å². The van der Waals surface area contributed by atoms with E-state index in [1.54, 1.807) is 7.11 Å². The molecule has 1 aromatic heterocycles. The Labute approximate surface area is 177 Å². The number of hydrogen-bond acceptors (Lipinski definition) is 5. The van der Waals surface area contributed by atoms with Crippen LogP contribution in [0.1, 0.15) is 37.1 Å². The third-order valence-corrected chi connectivity index (χ3v) is 5.66. The highest BCUT2D eigenvalue weighted by Gasteiger charge is 2.45. The van der Waals surface area contributed by atoms with Crippen molar-refractivity contribution in [2.45, 2.75) is 37.6 Å². The van der Waals surface area contributed by atoms with Crippen LogP contribution in [0, 0.1) is 0 Å². The van der Waals surface area contributed by atoms with Crippen LogP contribution in [0.25, 0.3) is 11.4 Å². The molecule has 0 saturated heterocycles. The molecule has 1 fully saturated rings. The van der Waals surface area contributed by atoms with Gasteiger partial charge in [0.05, 0.1) is 12.6 Å². The molecule has 1 saturated carbocycles. The van der Waals surface area contributed by atoms with E-state index in [1.807, 2.05) is 36.4 Å². The minimum atomic E-state index is -0.191. The highest BCUT2D eigenvalue weighted by molar-refractivity contribution is 9.10. The number of aromatic nitrogens is 2. The van der Waals surface area contributed by atoms with Crippen LogP contribution < -0.4 is 10.1 Å². The molecule has 0 aliphatic heterocycles. The SMILES string of the molecule is COc1ccc(-c2noc(CCCC(=O)NC3(c4ccc(Br)cc4)CC3)n2)cc1.